The average Bonchev–Trinajstić information content (AvgIpc) is 2.64. The minimum atomic E-state index is -0.548. The van der Waals surface area contributed by atoms with Crippen molar-refractivity contribution >= 4 is 23.5 Å². The lowest BCUT2D eigenvalue weighted by atomic mass is 9.82. The van der Waals surface area contributed by atoms with E-state index in [4.69, 9.17) is 4.74 Å². The summed E-state index contributed by atoms with van der Waals surface area (Å²) in [4.78, 5) is 33.7. The molecule has 1 aromatic heterocycles. The van der Waals surface area contributed by atoms with E-state index >= 15 is 0 Å². The van der Waals surface area contributed by atoms with Gasteiger partial charge in [-0.05, 0) is 39.2 Å². The Labute approximate surface area is 181 Å². The number of H-pyrrole nitrogens is 1. The summed E-state index contributed by atoms with van der Waals surface area (Å²) in [5.74, 6) is 0.847. The molecule has 0 amide bonds. The minimum Gasteiger partial charge on any atom is -0.460 e. The van der Waals surface area contributed by atoms with Gasteiger partial charge in [0, 0.05) is 11.4 Å². The zero-order valence-corrected chi connectivity index (χ0v) is 19.1. The summed E-state index contributed by atoms with van der Waals surface area (Å²) < 4.78 is 5.51. The number of esters is 1. The molecule has 1 unspecified atom stereocenters. The molecule has 0 saturated heterocycles. The van der Waals surface area contributed by atoms with Crippen LogP contribution in [0.25, 0.3) is 0 Å². The summed E-state index contributed by atoms with van der Waals surface area (Å²) in [6, 6.07) is 7.85. The highest BCUT2D eigenvalue weighted by molar-refractivity contribution is 7.99. The first kappa shape index (κ1) is 22.2. The average molecular weight is 428 g/mol. The Morgan fingerprint density at radius 3 is 2.60 bits per heavy atom. The summed E-state index contributed by atoms with van der Waals surface area (Å²) in [6.07, 6.45) is -0.261. The maximum absolute atomic E-state index is 13.2. The largest absolute Gasteiger partial charge is 0.460 e. The molecule has 1 aliphatic rings. The molecule has 2 N–H and O–H groups in total. The highest BCUT2D eigenvalue weighted by atomic mass is 32.2. The summed E-state index contributed by atoms with van der Waals surface area (Å²) in [7, 11) is 0. The maximum Gasteiger partial charge on any atom is 0.337 e. The number of fused-ring (bicyclic) bond motifs is 1. The minimum absolute atomic E-state index is 0.243. The Kier molecular flexibility index (Phi) is 6.71. The molecule has 30 heavy (non-hydrogen) atoms. The molecular weight excluding hydrogens is 398 g/mol. The van der Waals surface area contributed by atoms with Gasteiger partial charge in [-0.2, -0.15) is 0 Å². The first-order valence-electron chi connectivity index (χ1n) is 10.2. The van der Waals surface area contributed by atoms with E-state index in [1.165, 1.54) is 11.8 Å². The SMILES string of the molecule is CC1=C(C(=O)OC(C)C)C(c2cccc(C)c2)c2c(nc(SCC(C)C)[nH]c2=O)N1. The summed E-state index contributed by atoms with van der Waals surface area (Å²) in [5.41, 5.74) is 3.20. The van der Waals surface area contributed by atoms with Crippen molar-refractivity contribution < 1.29 is 9.53 Å². The van der Waals surface area contributed by atoms with Crippen molar-refractivity contribution in [2.24, 2.45) is 5.92 Å². The van der Waals surface area contributed by atoms with Gasteiger partial charge in [-0.1, -0.05) is 55.4 Å². The molecule has 0 fully saturated rings. The van der Waals surface area contributed by atoms with Crippen LogP contribution >= 0.6 is 11.8 Å². The van der Waals surface area contributed by atoms with Crippen molar-refractivity contribution in [3.63, 3.8) is 0 Å². The van der Waals surface area contributed by atoms with Crippen LogP contribution in [-0.2, 0) is 9.53 Å². The fraction of sp³-hybridized carbons (Fsp3) is 0.435. The zero-order chi connectivity index (χ0) is 22.0. The summed E-state index contributed by atoms with van der Waals surface area (Å²) in [5, 5.41) is 3.75. The van der Waals surface area contributed by atoms with Gasteiger partial charge < -0.3 is 15.0 Å². The van der Waals surface area contributed by atoms with Gasteiger partial charge in [0.2, 0.25) is 0 Å². The Morgan fingerprint density at radius 2 is 1.97 bits per heavy atom. The normalized spacial score (nSPS) is 15.9. The molecular formula is C23H29N3O3S. The number of thioether (sulfide) groups is 1. The number of nitrogens with zero attached hydrogens (tertiary/aromatic N) is 1. The Hall–Kier alpha value is -2.54. The zero-order valence-electron chi connectivity index (χ0n) is 18.3. The molecule has 1 aliphatic heterocycles. The first-order valence-corrected chi connectivity index (χ1v) is 11.2. The van der Waals surface area contributed by atoms with E-state index in [9.17, 15) is 9.59 Å². The molecule has 2 aromatic rings. The number of allylic oxidation sites excluding steroid dienone is 1. The van der Waals surface area contributed by atoms with Crippen LogP contribution in [0.2, 0.25) is 0 Å². The second-order valence-corrected chi connectivity index (χ2v) is 9.31. The first-order chi connectivity index (χ1) is 14.2. The van der Waals surface area contributed by atoms with E-state index in [2.05, 4.69) is 29.1 Å². The lowest BCUT2D eigenvalue weighted by molar-refractivity contribution is -0.143. The fourth-order valence-electron chi connectivity index (χ4n) is 3.48. The molecule has 160 valence electrons. The number of anilines is 1. The fourth-order valence-corrected chi connectivity index (χ4v) is 4.29. The summed E-state index contributed by atoms with van der Waals surface area (Å²) >= 11 is 1.52. The predicted octanol–water partition coefficient (Wildman–Crippen LogP) is 4.61. The van der Waals surface area contributed by atoms with E-state index in [0.29, 0.717) is 33.7 Å². The molecule has 0 aliphatic carbocycles. The maximum atomic E-state index is 13.2. The molecule has 3 rings (SSSR count). The van der Waals surface area contributed by atoms with Crippen LogP contribution < -0.4 is 10.9 Å². The van der Waals surface area contributed by atoms with Crippen molar-refractivity contribution in [2.75, 3.05) is 11.1 Å². The van der Waals surface area contributed by atoms with Gasteiger partial charge >= 0.3 is 5.97 Å². The van der Waals surface area contributed by atoms with Crippen molar-refractivity contribution in [1.29, 1.82) is 0 Å². The predicted molar refractivity (Wildman–Crippen MR) is 121 cm³/mol. The van der Waals surface area contributed by atoms with Gasteiger partial charge in [0.25, 0.3) is 5.56 Å². The Morgan fingerprint density at radius 1 is 1.23 bits per heavy atom. The van der Waals surface area contributed by atoms with E-state index in [1.54, 1.807) is 0 Å². The second-order valence-electron chi connectivity index (χ2n) is 8.30. The van der Waals surface area contributed by atoms with Crippen LogP contribution in [0.15, 0.2) is 45.5 Å². The number of carbonyl (C=O) groups is 1. The van der Waals surface area contributed by atoms with Gasteiger partial charge in [0.05, 0.1) is 23.2 Å². The third kappa shape index (κ3) is 4.78. The molecule has 0 radical (unpaired) electrons. The number of benzene rings is 1. The van der Waals surface area contributed by atoms with Crippen LogP contribution in [0.5, 0.6) is 0 Å². The van der Waals surface area contributed by atoms with Crippen LogP contribution in [0.3, 0.4) is 0 Å². The van der Waals surface area contributed by atoms with E-state index in [0.717, 1.165) is 16.9 Å². The lowest BCUT2D eigenvalue weighted by Gasteiger charge is -2.29. The number of rotatable bonds is 6. The number of aryl methyl sites for hydroxylation is 1. The number of hydrogen-bond donors (Lipinski definition) is 2. The Bertz CT molecular complexity index is 1040. The smallest absolute Gasteiger partial charge is 0.337 e. The van der Waals surface area contributed by atoms with Crippen molar-refractivity contribution in [2.45, 2.75) is 58.7 Å². The Balaban J connectivity index is 2.16. The van der Waals surface area contributed by atoms with Crippen molar-refractivity contribution in [3.8, 4) is 0 Å². The van der Waals surface area contributed by atoms with Gasteiger partial charge in [-0.3, -0.25) is 4.79 Å². The molecule has 1 atom stereocenters. The van der Waals surface area contributed by atoms with Crippen LogP contribution in [0.1, 0.15) is 57.2 Å². The molecule has 7 heteroatoms. The van der Waals surface area contributed by atoms with Gasteiger partial charge in [0.1, 0.15) is 5.82 Å². The topological polar surface area (TPSA) is 84.1 Å². The van der Waals surface area contributed by atoms with Crippen molar-refractivity contribution in [3.05, 3.63) is 62.6 Å². The van der Waals surface area contributed by atoms with Gasteiger partial charge in [-0.25, -0.2) is 9.78 Å². The third-order valence-corrected chi connectivity index (χ3v) is 6.01. The van der Waals surface area contributed by atoms with E-state index in [1.807, 2.05) is 52.0 Å². The van der Waals surface area contributed by atoms with Crippen LogP contribution in [0, 0.1) is 12.8 Å². The summed E-state index contributed by atoms with van der Waals surface area (Å²) in [6.45, 7) is 11.7. The monoisotopic (exact) mass is 427 g/mol. The number of aromatic nitrogens is 2. The quantitative estimate of drug-likeness (QED) is 0.398. The second kappa shape index (κ2) is 9.08. The van der Waals surface area contributed by atoms with Crippen LogP contribution in [0.4, 0.5) is 5.82 Å². The molecule has 0 bridgehead atoms. The van der Waals surface area contributed by atoms with E-state index in [-0.39, 0.29) is 11.7 Å². The standard InChI is InChI=1S/C23H29N3O3S/c1-12(2)11-30-23-25-20-19(21(27)26-23)18(16-9-7-8-14(5)10-16)17(15(6)24-20)22(28)29-13(3)4/h7-10,12-13,18H,11H2,1-6H3,(H2,24,25,26,27). The van der Waals surface area contributed by atoms with E-state index < -0.39 is 11.9 Å². The van der Waals surface area contributed by atoms with Gasteiger partial charge in [-0.15, -0.1) is 0 Å². The molecule has 0 spiro atoms. The van der Waals surface area contributed by atoms with Crippen molar-refractivity contribution in [1.82, 2.24) is 9.97 Å². The lowest BCUT2D eigenvalue weighted by Crippen LogP contribution is -2.32. The molecule has 6 nitrogen and oxygen atoms in total. The van der Waals surface area contributed by atoms with Gasteiger partial charge in [0.15, 0.2) is 5.16 Å². The number of ether oxygens (including phenoxy) is 1. The number of carbonyl (C=O) groups excluding carboxylic acids is 1. The highest BCUT2D eigenvalue weighted by Crippen LogP contribution is 2.40. The molecule has 2 heterocycles. The number of aromatic amines is 1. The highest BCUT2D eigenvalue weighted by Gasteiger charge is 2.36. The number of nitrogens with one attached hydrogen (secondary N) is 2. The third-order valence-electron chi connectivity index (χ3n) is 4.71. The molecule has 1 aromatic carbocycles. The molecule has 0 saturated carbocycles. The van der Waals surface area contributed by atoms with Crippen LogP contribution in [-0.4, -0.2) is 27.8 Å². The number of hydrogen-bond acceptors (Lipinski definition) is 6.